The maximum Gasteiger partial charge on any atom is 0.331 e. The van der Waals surface area contributed by atoms with Crippen LogP contribution in [0.5, 0.6) is 0 Å². The van der Waals surface area contributed by atoms with Crippen LogP contribution in [0.2, 0.25) is 0 Å². The molecule has 1 aromatic rings. The van der Waals surface area contributed by atoms with Gasteiger partial charge in [0.1, 0.15) is 17.0 Å². The number of rotatable bonds is 0. The van der Waals surface area contributed by atoms with E-state index in [-0.39, 0.29) is 15.8 Å². The fraction of sp³-hybridized carbons (Fsp3) is 0.125. The van der Waals surface area contributed by atoms with Gasteiger partial charge in [-0.25, -0.2) is 4.39 Å². The monoisotopic (exact) mass is 262 g/mol. The molecule has 0 aliphatic carbocycles. The zero-order valence-corrected chi connectivity index (χ0v) is 9.73. The third-order valence-electron chi connectivity index (χ3n) is 1.94. The van der Waals surface area contributed by atoms with Crippen molar-refractivity contribution in [3.8, 4) is 0 Å². The predicted molar refractivity (Wildman–Crippen MR) is 58.7 cm³/mol. The number of hydrogen-bond donors (Lipinski definition) is 1. The number of nitrogens with zero attached hydrogens (tertiary/aromatic N) is 1. The highest BCUT2D eigenvalue weighted by Crippen LogP contribution is 2.28. The smallest absolute Gasteiger partial charge is 0.331 e. The first-order valence-electron chi connectivity index (χ1n) is 4.15. The molecule has 1 unspecified atom stereocenters. The lowest BCUT2D eigenvalue weighted by Gasteiger charge is -2.17. The van der Waals surface area contributed by atoms with Gasteiger partial charge in [-0.05, 0) is 18.2 Å². The predicted octanol–water partition coefficient (Wildman–Crippen LogP) is 0.674. The van der Waals surface area contributed by atoms with Gasteiger partial charge >= 0.3 is 5.17 Å². The molecule has 0 saturated carbocycles. The van der Waals surface area contributed by atoms with Crippen LogP contribution in [0.25, 0.3) is 0 Å². The minimum atomic E-state index is -3.97. The summed E-state index contributed by atoms with van der Waals surface area (Å²) < 4.78 is 50.6. The van der Waals surface area contributed by atoms with E-state index in [1.54, 1.807) is 0 Å². The number of amidine groups is 1. The molecule has 0 amide bonds. The zero-order valence-electron chi connectivity index (χ0n) is 8.10. The summed E-state index contributed by atoms with van der Waals surface area (Å²) in [5, 5.41) is 2.43. The van der Waals surface area contributed by atoms with Gasteiger partial charge in [-0.3, -0.25) is 5.32 Å². The Morgan fingerprint density at radius 2 is 2.19 bits per heavy atom. The lowest BCUT2D eigenvalue weighted by atomic mass is 10.3. The Balaban J connectivity index is 2.62. The van der Waals surface area contributed by atoms with Crippen molar-refractivity contribution in [3.63, 3.8) is 0 Å². The summed E-state index contributed by atoms with van der Waals surface area (Å²) in [6.07, 6.45) is 1.30. The summed E-state index contributed by atoms with van der Waals surface area (Å²) in [5.74, 6) is -0.666. The van der Waals surface area contributed by atoms with Crippen molar-refractivity contribution in [1.82, 2.24) is 0 Å². The maximum atomic E-state index is 12.9. The molecular weight excluding hydrogens is 255 g/mol. The van der Waals surface area contributed by atoms with Gasteiger partial charge in [-0.1, -0.05) is 4.40 Å². The Kier molecular flexibility index (Phi) is 2.64. The normalized spacial score (nSPS) is 19.3. The fourth-order valence-electron chi connectivity index (χ4n) is 1.23. The molecule has 1 aliphatic heterocycles. The van der Waals surface area contributed by atoms with Gasteiger partial charge in [0.2, 0.25) is 0 Å². The van der Waals surface area contributed by atoms with Crippen molar-refractivity contribution >= 4 is 32.1 Å². The lowest BCUT2D eigenvalue weighted by Crippen LogP contribution is -2.28. The van der Waals surface area contributed by atoms with Crippen molar-refractivity contribution < 1.29 is 17.4 Å². The van der Waals surface area contributed by atoms with E-state index in [2.05, 4.69) is 9.71 Å². The van der Waals surface area contributed by atoms with Crippen LogP contribution < -0.4 is 5.32 Å². The van der Waals surface area contributed by atoms with E-state index < -0.39 is 27.0 Å². The van der Waals surface area contributed by atoms with Crippen LogP contribution in [-0.2, 0) is 21.2 Å². The van der Waals surface area contributed by atoms with Crippen molar-refractivity contribution in [3.05, 3.63) is 24.0 Å². The van der Waals surface area contributed by atoms with E-state index >= 15 is 0 Å². The topological polar surface area (TPSA) is 81.6 Å². The molecule has 1 heterocycles. The highest BCUT2D eigenvalue weighted by Gasteiger charge is 2.29. The van der Waals surface area contributed by atoms with E-state index in [1.165, 1.54) is 12.3 Å². The number of anilines is 1. The van der Waals surface area contributed by atoms with Gasteiger partial charge in [-0.2, -0.15) is 8.42 Å². The van der Waals surface area contributed by atoms with Gasteiger partial charge in [0, 0.05) is 11.2 Å². The van der Waals surface area contributed by atoms with E-state index in [0.717, 1.165) is 12.1 Å². The second-order valence-corrected chi connectivity index (χ2v) is 5.96. The Morgan fingerprint density at radius 1 is 1.50 bits per heavy atom. The van der Waals surface area contributed by atoms with Crippen LogP contribution in [0.3, 0.4) is 0 Å². The number of benzene rings is 1. The summed E-state index contributed by atoms with van der Waals surface area (Å²) in [7, 11) is -3.97. The average molecular weight is 262 g/mol. The molecule has 0 spiro atoms. The Morgan fingerprint density at radius 3 is 2.81 bits per heavy atom. The Bertz CT molecular complexity index is 569. The first kappa shape index (κ1) is 11.4. The molecule has 0 bridgehead atoms. The van der Waals surface area contributed by atoms with Crippen molar-refractivity contribution in [2.45, 2.75) is 4.90 Å². The van der Waals surface area contributed by atoms with Gasteiger partial charge in [0.15, 0.2) is 0 Å². The lowest BCUT2D eigenvalue weighted by molar-refractivity contribution is 0.591. The summed E-state index contributed by atoms with van der Waals surface area (Å²) in [6.45, 7) is 0. The van der Waals surface area contributed by atoms with Crippen LogP contribution >= 0.6 is 0 Å². The minimum Gasteiger partial charge on any atom is -0.609 e. The molecule has 1 aliphatic rings. The number of hydrogen-bond acceptors (Lipinski definition) is 4. The third kappa shape index (κ3) is 1.91. The van der Waals surface area contributed by atoms with Crippen molar-refractivity contribution in [1.29, 1.82) is 0 Å². The Labute approximate surface area is 94.6 Å². The van der Waals surface area contributed by atoms with E-state index in [1.807, 2.05) is 0 Å². The fourth-order valence-corrected chi connectivity index (χ4v) is 3.22. The molecule has 1 atom stereocenters. The average Bonchev–Trinajstić information content (AvgIpc) is 2.18. The number of halogens is 1. The van der Waals surface area contributed by atoms with Crippen LogP contribution in [0.15, 0.2) is 27.5 Å². The van der Waals surface area contributed by atoms with Crippen LogP contribution in [0.4, 0.5) is 10.1 Å². The third-order valence-corrected chi connectivity index (χ3v) is 4.11. The van der Waals surface area contributed by atoms with Crippen molar-refractivity contribution in [2.24, 2.45) is 4.40 Å². The molecule has 0 aromatic heterocycles. The summed E-state index contributed by atoms with van der Waals surface area (Å²) >= 11 is -1.55. The second kappa shape index (κ2) is 3.72. The van der Waals surface area contributed by atoms with E-state index in [0.29, 0.717) is 0 Å². The molecule has 5 nitrogen and oxygen atoms in total. The largest absolute Gasteiger partial charge is 0.609 e. The first-order valence-corrected chi connectivity index (χ1v) is 7.15. The van der Waals surface area contributed by atoms with Gasteiger partial charge in [-0.15, -0.1) is 0 Å². The van der Waals surface area contributed by atoms with Crippen molar-refractivity contribution in [2.75, 3.05) is 11.6 Å². The zero-order chi connectivity index (χ0) is 11.9. The molecular formula is C8H7FN2O3S2. The van der Waals surface area contributed by atoms with E-state index in [4.69, 9.17) is 0 Å². The Hall–Kier alpha value is -1.12. The molecule has 1 aromatic carbocycles. The molecule has 8 heteroatoms. The number of nitrogens with one attached hydrogen (secondary N) is 1. The molecule has 1 N–H and O–H groups in total. The first-order chi connectivity index (χ1) is 7.40. The van der Waals surface area contributed by atoms with Crippen LogP contribution in [0.1, 0.15) is 0 Å². The molecule has 0 fully saturated rings. The van der Waals surface area contributed by atoms with E-state index in [9.17, 15) is 17.4 Å². The maximum absolute atomic E-state index is 12.9. The molecule has 86 valence electrons. The standard InChI is InChI=1S/C8H7FN2O3S2/c1-15(12)8-10-6-3-2-5(9)4-7(6)16(13,14)11-8/h2-4H,1H3,(H,10,11). The van der Waals surface area contributed by atoms with Crippen LogP contribution in [0, 0.1) is 5.82 Å². The summed E-state index contributed by atoms with van der Waals surface area (Å²) in [5.41, 5.74) is 0.182. The van der Waals surface area contributed by atoms with Gasteiger partial charge in [0.05, 0.1) is 5.69 Å². The minimum absolute atomic E-state index is 0.154. The van der Waals surface area contributed by atoms with Gasteiger partial charge in [0.25, 0.3) is 10.0 Å². The molecule has 16 heavy (non-hydrogen) atoms. The van der Waals surface area contributed by atoms with Gasteiger partial charge < -0.3 is 4.55 Å². The quantitative estimate of drug-likeness (QED) is 0.697. The highest BCUT2D eigenvalue weighted by atomic mass is 32.2. The number of fused-ring (bicyclic) bond motifs is 1. The molecule has 0 radical (unpaired) electrons. The van der Waals surface area contributed by atoms with Crippen LogP contribution in [-0.4, -0.2) is 24.4 Å². The highest BCUT2D eigenvalue weighted by molar-refractivity contribution is 8.07. The molecule has 2 rings (SSSR count). The number of sulfonamides is 1. The SMILES string of the molecule is C[S+]([O-])C1=NS(=O)(=O)c2cc(F)ccc2N1. The summed E-state index contributed by atoms with van der Waals surface area (Å²) in [4.78, 5) is -0.248. The molecule has 0 saturated heterocycles. The summed E-state index contributed by atoms with van der Waals surface area (Å²) in [6, 6.07) is 3.25. The second-order valence-electron chi connectivity index (χ2n) is 3.09.